The number of rotatable bonds is 7. The number of nitrogens with zero attached hydrogens (tertiary/aromatic N) is 1. The highest BCUT2D eigenvalue weighted by molar-refractivity contribution is 4.83. The molecule has 102 valence electrons. The van der Waals surface area contributed by atoms with E-state index in [0.717, 1.165) is 25.8 Å². The fourth-order valence-corrected chi connectivity index (χ4v) is 2.91. The van der Waals surface area contributed by atoms with E-state index >= 15 is 0 Å². The van der Waals surface area contributed by atoms with Crippen LogP contribution in [-0.4, -0.2) is 35.2 Å². The molecule has 2 nitrogen and oxygen atoms in total. The Bertz CT molecular complexity index is 195. The SMILES string of the molecule is CCCCCCC1(O)CCCN(CCC)CC1. The predicted octanol–water partition coefficient (Wildman–Crippen LogP) is 3.58. The lowest BCUT2D eigenvalue weighted by molar-refractivity contribution is 0.0145. The van der Waals surface area contributed by atoms with Crippen LogP contribution in [0.15, 0.2) is 0 Å². The number of likely N-dealkylation sites (tertiary alicyclic amines) is 1. The average molecular weight is 241 g/mol. The van der Waals surface area contributed by atoms with Gasteiger partial charge >= 0.3 is 0 Å². The normalized spacial score (nSPS) is 27.0. The van der Waals surface area contributed by atoms with Crippen LogP contribution >= 0.6 is 0 Å². The fraction of sp³-hybridized carbons (Fsp3) is 1.00. The Labute approximate surface area is 107 Å². The van der Waals surface area contributed by atoms with Crippen LogP contribution in [0.1, 0.15) is 71.6 Å². The van der Waals surface area contributed by atoms with Gasteiger partial charge in [0.1, 0.15) is 0 Å². The second kappa shape index (κ2) is 8.10. The molecule has 0 bridgehead atoms. The lowest BCUT2D eigenvalue weighted by Gasteiger charge is -2.27. The van der Waals surface area contributed by atoms with Crippen LogP contribution in [0.2, 0.25) is 0 Å². The highest BCUT2D eigenvalue weighted by atomic mass is 16.3. The Morgan fingerprint density at radius 2 is 1.82 bits per heavy atom. The third-order valence-corrected chi connectivity index (χ3v) is 4.05. The van der Waals surface area contributed by atoms with Gasteiger partial charge in [-0.3, -0.25) is 0 Å². The Morgan fingerprint density at radius 3 is 2.53 bits per heavy atom. The van der Waals surface area contributed by atoms with E-state index in [1.165, 1.54) is 51.6 Å². The summed E-state index contributed by atoms with van der Waals surface area (Å²) in [7, 11) is 0. The molecule has 1 unspecified atom stereocenters. The Morgan fingerprint density at radius 1 is 1.00 bits per heavy atom. The highest BCUT2D eigenvalue weighted by Crippen LogP contribution is 2.28. The molecule has 0 amide bonds. The number of unbranched alkanes of at least 4 members (excludes halogenated alkanes) is 3. The molecule has 2 heteroatoms. The zero-order valence-electron chi connectivity index (χ0n) is 11.9. The topological polar surface area (TPSA) is 23.5 Å². The minimum absolute atomic E-state index is 0.351. The molecule has 1 aliphatic rings. The molecule has 1 atom stereocenters. The molecular formula is C15H31NO. The summed E-state index contributed by atoms with van der Waals surface area (Å²) in [5.41, 5.74) is -0.351. The van der Waals surface area contributed by atoms with Crippen molar-refractivity contribution >= 4 is 0 Å². The van der Waals surface area contributed by atoms with Gasteiger partial charge in [0.15, 0.2) is 0 Å². The smallest absolute Gasteiger partial charge is 0.0660 e. The van der Waals surface area contributed by atoms with Crippen molar-refractivity contribution in [3.05, 3.63) is 0 Å². The summed E-state index contributed by atoms with van der Waals surface area (Å²) < 4.78 is 0. The first-order valence-corrected chi connectivity index (χ1v) is 7.65. The van der Waals surface area contributed by atoms with Crippen LogP contribution < -0.4 is 0 Å². The van der Waals surface area contributed by atoms with Crippen molar-refractivity contribution < 1.29 is 5.11 Å². The molecule has 0 spiro atoms. The first-order valence-electron chi connectivity index (χ1n) is 7.65. The van der Waals surface area contributed by atoms with Crippen LogP contribution in [-0.2, 0) is 0 Å². The quantitative estimate of drug-likeness (QED) is 0.689. The molecule has 0 radical (unpaired) electrons. The summed E-state index contributed by atoms with van der Waals surface area (Å²) in [5.74, 6) is 0. The van der Waals surface area contributed by atoms with Crippen molar-refractivity contribution in [1.29, 1.82) is 0 Å². The van der Waals surface area contributed by atoms with E-state index in [0.29, 0.717) is 0 Å². The molecule has 0 aliphatic carbocycles. The molecule has 1 fully saturated rings. The summed E-state index contributed by atoms with van der Waals surface area (Å²) in [6.45, 7) is 7.96. The van der Waals surface area contributed by atoms with Gasteiger partial charge in [-0.15, -0.1) is 0 Å². The predicted molar refractivity (Wildman–Crippen MR) is 74.3 cm³/mol. The number of hydrogen-bond donors (Lipinski definition) is 1. The van der Waals surface area contributed by atoms with Gasteiger partial charge in [0.2, 0.25) is 0 Å². The first kappa shape index (κ1) is 15.0. The molecule has 1 aliphatic heterocycles. The summed E-state index contributed by atoms with van der Waals surface area (Å²) in [6.07, 6.45) is 10.5. The molecule has 0 aromatic heterocycles. The monoisotopic (exact) mass is 241 g/mol. The van der Waals surface area contributed by atoms with E-state index in [2.05, 4.69) is 18.7 Å². The zero-order valence-corrected chi connectivity index (χ0v) is 11.9. The molecule has 17 heavy (non-hydrogen) atoms. The summed E-state index contributed by atoms with van der Waals surface area (Å²) >= 11 is 0. The van der Waals surface area contributed by atoms with E-state index < -0.39 is 0 Å². The molecular weight excluding hydrogens is 210 g/mol. The maximum absolute atomic E-state index is 10.6. The molecule has 1 saturated heterocycles. The van der Waals surface area contributed by atoms with Crippen molar-refractivity contribution in [2.75, 3.05) is 19.6 Å². The maximum Gasteiger partial charge on any atom is 0.0660 e. The van der Waals surface area contributed by atoms with Crippen LogP contribution in [0.3, 0.4) is 0 Å². The van der Waals surface area contributed by atoms with E-state index in [1.807, 2.05) is 0 Å². The van der Waals surface area contributed by atoms with Crippen molar-refractivity contribution in [3.63, 3.8) is 0 Å². The summed E-state index contributed by atoms with van der Waals surface area (Å²) in [4.78, 5) is 2.52. The van der Waals surface area contributed by atoms with Gasteiger partial charge in [0.25, 0.3) is 0 Å². The van der Waals surface area contributed by atoms with E-state index in [9.17, 15) is 5.11 Å². The van der Waals surface area contributed by atoms with Gasteiger partial charge < -0.3 is 10.0 Å². The van der Waals surface area contributed by atoms with Gasteiger partial charge in [-0.05, 0) is 45.2 Å². The van der Waals surface area contributed by atoms with E-state index in [1.54, 1.807) is 0 Å². The Balaban J connectivity index is 2.27. The van der Waals surface area contributed by atoms with Crippen molar-refractivity contribution in [1.82, 2.24) is 4.90 Å². The second-order valence-electron chi connectivity index (χ2n) is 5.73. The van der Waals surface area contributed by atoms with Gasteiger partial charge in [-0.1, -0.05) is 39.5 Å². The van der Waals surface area contributed by atoms with Gasteiger partial charge in [-0.2, -0.15) is 0 Å². The average Bonchev–Trinajstić information content (AvgIpc) is 2.49. The Hall–Kier alpha value is -0.0800. The summed E-state index contributed by atoms with van der Waals surface area (Å²) in [6, 6.07) is 0. The fourth-order valence-electron chi connectivity index (χ4n) is 2.91. The molecule has 1 rings (SSSR count). The van der Waals surface area contributed by atoms with Crippen LogP contribution in [0.4, 0.5) is 0 Å². The third-order valence-electron chi connectivity index (χ3n) is 4.05. The molecule has 0 aromatic rings. The van der Waals surface area contributed by atoms with Crippen molar-refractivity contribution in [2.45, 2.75) is 77.2 Å². The van der Waals surface area contributed by atoms with E-state index in [-0.39, 0.29) is 5.60 Å². The van der Waals surface area contributed by atoms with Gasteiger partial charge in [0, 0.05) is 6.54 Å². The van der Waals surface area contributed by atoms with Crippen molar-refractivity contribution in [3.8, 4) is 0 Å². The molecule has 1 N–H and O–H groups in total. The Kier molecular flexibility index (Phi) is 7.14. The van der Waals surface area contributed by atoms with Gasteiger partial charge in [0.05, 0.1) is 5.60 Å². The molecule has 0 saturated carbocycles. The lowest BCUT2D eigenvalue weighted by atomic mass is 9.89. The molecule has 1 heterocycles. The van der Waals surface area contributed by atoms with E-state index in [4.69, 9.17) is 0 Å². The maximum atomic E-state index is 10.6. The molecule has 0 aromatic carbocycles. The largest absolute Gasteiger partial charge is 0.390 e. The van der Waals surface area contributed by atoms with Gasteiger partial charge in [-0.25, -0.2) is 0 Å². The third kappa shape index (κ3) is 5.87. The van der Waals surface area contributed by atoms with Crippen molar-refractivity contribution in [2.24, 2.45) is 0 Å². The summed E-state index contributed by atoms with van der Waals surface area (Å²) in [5, 5.41) is 10.6. The standard InChI is InChI=1S/C15H31NO/c1-3-5-6-7-9-15(17)10-8-13-16(12-4-2)14-11-15/h17H,3-14H2,1-2H3. The van der Waals surface area contributed by atoms with Crippen LogP contribution in [0.25, 0.3) is 0 Å². The lowest BCUT2D eigenvalue weighted by Crippen LogP contribution is -2.31. The highest BCUT2D eigenvalue weighted by Gasteiger charge is 2.29. The number of hydrogen-bond acceptors (Lipinski definition) is 2. The number of aliphatic hydroxyl groups is 1. The zero-order chi connectivity index (χ0) is 12.6. The minimum Gasteiger partial charge on any atom is -0.390 e. The van der Waals surface area contributed by atoms with Crippen LogP contribution in [0, 0.1) is 0 Å². The van der Waals surface area contributed by atoms with Crippen LogP contribution in [0.5, 0.6) is 0 Å². The first-order chi connectivity index (χ1) is 8.20. The minimum atomic E-state index is -0.351. The second-order valence-corrected chi connectivity index (χ2v) is 5.73.